The van der Waals surface area contributed by atoms with E-state index in [9.17, 15) is 0 Å². The number of hydrogen-bond donors (Lipinski definition) is 1. The second-order valence-corrected chi connectivity index (χ2v) is 5.42. The Balaban J connectivity index is 2.25. The van der Waals surface area contributed by atoms with E-state index in [-0.39, 0.29) is 0 Å². The van der Waals surface area contributed by atoms with Crippen LogP contribution in [0, 0.1) is 13.8 Å². The highest BCUT2D eigenvalue weighted by molar-refractivity contribution is 9.10. The van der Waals surface area contributed by atoms with Gasteiger partial charge in [-0.2, -0.15) is 0 Å². The highest BCUT2D eigenvalue weighted by Crippen LogP contribution is 2.28. The van der Waals surface area contributed by atoms with Gasteiger partial charge in [0.25, 0.3) is 0 Å². The van der Waals surface area contributed by atoms with Gasteiger partial charge in [0.15, 0.2) is 0 Å². The molecule has 0 saturated carbocycles. The summed E-state index contributed by atoms with van der Waals surface area (Å²) >= 11 is 3.51. The summed E-state index contributed by atoms with van der Waals surface area (Å²) in [5, 5.41) is 0. The van der Waals surface area contributed by atoms with Crippen molar-refractivity contribution >= 4 is 27.4 Å². The fourth-order valence-corrected chi connectivity index (χ4v) is 2.32. The Morgan fingerprint density at radius 2 is 2.05 bits per heavy atom. The third-order valence-corrected chi connectivity index (χ3v) is 3.96. The van der Waals surface area contributed by atoms with Crippen LogP contribution in [0.4, 0.5) is 5.82 Å². The van der Waals surface area contributed by atoms with E-state index in [0.29, 0.717) is 5.82 Å². The zero-order chi connectivity index (χ0) is 13.6. The minimum Gasteiger partial charge on any atom is -0.383 e. The second-order valence-electron chi connectivity index (χ2n) is 4.57. The predicted molar refractivity (Wildman–Crippen MR) is 80.0 cm³/mol. The number of hydrogen-bond acceptors (Lipinski definition) is 3. The lowest BCUT2D eigenvalue weighted by Crippen LogP contribution is -1.95. The van der Waals surface area contributed by atoms with Crippen LogP contribution in [0.2, 0.25) is 0 Å². The van der Waals surface area contributed by atoms with Crippen LogP contribution in [0.25, 0.3) is 16.9 Å². The molecule has 2 N–H and O–H groups in total. The molecule has 4 nitrogen and oxygen atoms in total. The van der Waals surface area contributed by atoms with Gasteiger partial charge in [0.1, 0.15) is 17.2 Å². The van der Waals surface area contributed by atoms with E-state index in [4.69, 9.17) is 5.73 Å². The molecule has 0 aliphatic rings. The summed E-state index contributed by atoms with van der Waals surface area (Å²) in [6.45, 7) is 3.99. The molecule has 3 aromatic heterocycles. The maximum atomic E-state index is 6.18. The van der Waals surface area contributed by atoms with E-state index in [1.54, 1.807) is 6.20 Å². The van der Waals surface area contributed by atoms with Crippen LogP contribution >= 0.6 is 15.9 Å². The van der Waals surface area contributed by atoms with Crippen molar-refractivity contribution in [2.45, 2.75) is 13.8 Å². The van der Waals surface area contributed by atoms with Crippen molar-refractivity contribution in [1.29, 1.82) is 0 Å². The number of aryl methyl sites for hydroxylation is 2. The molecule has 0 aromatic carbocycles. The van der Waals surface area contributed by atoms with Gasteiger partial charge in [0.05, 0.1) is 0 Å². The molecule has 3 heterocycles. The normalized spacial score (nSPS) is 11.1. The van der Waals surface area contributed by atoms with Gasteiger partial charge >= 0.3 is 0 Å². The molecule has 0 bridgehead atoms. The Bertz CT molecular complexity index is 759. The maximum absolute atomic E-state index is 6.18. The summed E-state index contributed by atoms with van der Waals surface area (Å²) in [5.41, 5.74) is 10.8. The summed E-state index contributed by atoms with van der Waals surface area (Å²) in [5.74, 6) is 0.626. The Morgan fingerprint density at radius 1 is 1.26 bits per heavy atom. The number of anilines is 1. The van der Waals surface area contributed by atoms with Crippen molar-refractivity contribution in [2.75, 3.05) is 5.73 Å². The number of aromatic nitrogens is 3. The minimum absolute atomic E-state index is 0.626. The van der Waals surface area contributed by atoms with E-state index in [2.05, 4.69) is 25.9 Å². The molecule has 0 unspecified atom stereocenters. The topological polar surface area (TPSA) is 56.2 Å². The van der Waals surface area contributed by atoms with Crippen molar-refractivity contribution in [1.82, 2.24) is 14.4 Å². The summed E-state index contributed by atoms with van der Waals surface area (Å²) in [4.78, 5) is 8.88. The minimum atomic E-state index is 0.626. The molecule has 96 valence electrons. The van der Waals surface area contributed by atoms with E-state index in [1.165, 1.54) is 0 Å². The molecule has 19 heavy (non-hydrogen) atoms. The van der Waals surface area contributed by atoms with E-state index < -0.39 is 0 Å². The van der Waals surface area contributed by atoms with Gasteiger partial charge in [-0.1, -0.05) is 0 Å². The first-order valence-electron chi connectivity index (χ1n) is 5.93. The van der Waals surface area contributed by atoms with Gasteiger partial charge in [0, 0.05) is 28.1 Å². The molecule has 0 atom stereocenters. The van der Waals surface area contributed by atoms with Crippen molar-refractivity contribution < 1.29 is 0 Å². The third-order valence-electron chi connectivity index (χ3n) is 3.12. The van der Waals surface area contributed by atoms with Gasteiger partial charge in [-0.3, -0.25) is 9.38 Å². The lowest BCUT2D eigenvalue weighted by atomic mass is 10.2. The first-order valence-corrected chi connectivity index (χ1v) is 6.72. The molecule has 0 amide bonds. The average Bonchev–Trinajstić information content (AvgIpc) is 2.69. The highest BCUT2D eigenvalue weighted by Gasteiger charge is 2.12. The van der Waals surface area contributed by atoms with Crippen molar-refractivity contribution in [2.24, 2.45) is 0 Å². The second kappa shape index (κ2) is 4.35. The number of fused-ring (bicyclic) bond motifs is 1. The molecule has 3 rings (SSSR count). The lowest BCUT2D eigenvalue weighted by Gasteiger charge is -2.01. The molecule has 0 fully saturated rings. The molecule has 0 radical (unpaired) electrons. The lowest BCUT2D eigenvalue weighted by molar-refractivity contribution is 1.16. The molecule has 3 aromatic rings. The highest BCUT2D eigenvalue weighted by atomic mass is 79.9. The molecular weight excluding hydrogens is 304 g/mol. The first kappa shape index (κ1) is 12.2. The fourth-order valence-electron chi connectivity index (χ4n) is 2.00. The first-order chi connectivity index (χ1) is 9.06. The summed E-state index contributed by atoms with van der Waals surface area (Å²) in [7, 11) is 0. The van der Waals surface area contributed by atoms with Crippen molar-refractivity contribution in [3.63, 3.8) is 0 Å². The Hall–Kier alpha value is -1.88. The molecule has 0 saturated heterocycles. The number of nitrogens with zero attached hydrogens (tertiary/aromatic N) is 3. The zero-order valence-corrected chi connectivity index (χ0v) is 12.3. The summed E-state index contributed by atoms with van der Waals surface area (Å²) in [6.07, 6.45) is 3.74. The standard InChI is InChI=1S/C14H13BrN4/c1-8-5-12-18-13(10-4-3-9(2)17-6-10)14(16)19(12)7-11(8)15/h3-7H,16H2,1-2H3. The van der Waals surface area contributed by atoms with Crippen LogP contribution < -0.4 is 5.73 Å². The Morgan fingerprint density at radius 3 is 2.74 bits per heavy atom. The number of imidazole rings is 1. The van der Waals surface area contributed by atoms with Crippen LogP contribution in [0.5, 0.6) is 0 Å². The van der Waals surface area contributed by atoms with Crippen LogP contribution in [0.15, 0.2) is 35.1 Å². The molecular formula is C14H13BrN4. The number of halogens is 1. The fraction of sp³-hybridized carbons (Fsp3) is 0.143. The molecule has 0 aliphatic carbocycles. The summed E-state index contributed by atoms with van der Waals surface area (Å²) < 4.78 is 2.89. The third kappa shape index (κ3) is 2.00. The smallest absolute Gasteiger partial charge is 0.139 e. The van der Waals surface area contributed by atoms with E-state index >= 15 is 0 Å². The number of pyridine rings is 2. The number of rotatable bonds is 1. The van der Waals surface area contributed by atoms with Crippen molar-refractivity contribution in [3.05, 3.63) is 46.3 Å². The molecule has 0 aliphatic heterocycles. The van der Waals surface area contributed by atoms with Gasteiger partial charge in [0.2, 0.25) is 0 Å². The molecule has 0 spiro atoms. The number of nitrogen functional groups attached to an aromatic ring is 1. The van der Waals surface area contributed by atoms with Crippen LogP contribution in [0.3, 0.4) is 0 Å². The van der Waals surface area contributed by atoms with Crippen molar-refractivity contribution in [3.8, 4) is 11.3 Å². The van der Waals surface area contributed by atoms with Gasteiger partial charge < -0.3 is 5.73 Å². The van der Waals surface area contributed by atoms with Crippen LogP contribution in [-0.4, -0.2) is 14.4 Å². The zero-order valence-electron chi connectivity index (χ0n) is 10.7. The predicted octanol–water partition coefficient (Wildman–Crippen LogP) is 3.36. The van der Waals surface area contributed by atoms with Gasteiger partial charge in [-0.15, -0.1) is 0 Å². The monoisotopic (exact) mass is 316 g/mol. The molecule has 5 heteroatoms. The summed E-state index contributed by atoms with van der Waals surface area (Å²) in [6, 6.07) is 5.95. The van der Waals surface area contributed by atoms with Gasteiger partial charge in [-0.05, 0) is 53.5 Å². The average molecular weight is 317 g/mol. The Labute approximate surface area is 119 Å². The largest absolute Gasteiger partial charge is 0.383 e. The maximum Gasteiger partial charge on any atom is 0.139 e. The SMILES string of the molecule is Cc1ccc(-c2nc3cc(C)c(Br)cn3c2N)cn1. The van der Waals surface area contributed by atoms with Gasteiger partial charge in [-0.25, -0.2) is 4.98 Å². The quantitative estimate of drug-likeness (QED) is 0.749. The van der Waals surface area contributed by atoms with E-state index in [0.717, 1.165) is 32.6 Å². The Kier molecular flexibility index (Phi) is 2.78. The van der Waals surface area contributed by atoms with Crippen LogP contribution in [0.1, 0.15) is 11.3 Å². The van der Waals surface area contributed by atoms with Crippen LogP contribution in [-0.2, 0) is 0 Å². The number of nitrogens with two attached hydrogens (primary N) is 1. The van der Waals surface area contributed by atoms with E-state index in [1.807, 2.05) is 42.6 Å².